The molecule has 0 saturated carbocycles. The average molecular weight is 377 g/mol. The van der Waals surface area contributed by atoms with Crippen LogP contribution in [0.4, 0.5) is 5.95 Å². The van der Waals surface area contributed by atoms with Gasteiger partial charge in [0.05, 0.1) is 6.54 Å². The number of aromatic nitrogens is 3. The van der Waals surface area contributed by atoms with Crippen LogP contribution in [0.1, 0.15) is 34.9 Å². The summed E-state index contributed by atoms with van der Waals surface area (Å²) in [6.45, 7) is 1.72. The molecule has 2 heterocycles. The summed E-state index contributed by atoms with van der Waals surface area (Å²) in [4.78, 5) is 28.6. The van der Waals surface area contributed by atoms with Gasteiger partial charge in [0.25, 0.3) is 5.91 Å². The Kier molecular flexibility index (Phi) is 5.85. The van der Waals surface area contributed by atoms with Gasteiger partial charge in [-0.25, -0.2) is 4.68 Å². The second-order valence-electron chi connectivity index (χ2n) is 6.18. The van der Waals surface area contributed by atoms with Gasteiger partial charge in [0, 0.05) is 23.6 Å². The third-order valence-electron chi connectivity index (χ3n) is 4.23. The van der Waals surface area contributed by atoms with Crippen molar-refractivity contribution in [2.24, 2.45) is 7.05 Å². The fraction of sp³-hybridized carbons (Fsp3) is 0.412. The fourth-order valence-electron chi connectivity index (χ4n) is 2.83. The second kappa shape index (κ2) is 8.29. The number of aryl methyl sites for hydroxylation is 1. The third-order valence-corrected chi connectivity index (χ3v) is 4.47. The quantitative estimate of drug-likeness (QED) is 0.730. The lowest BCUT2D eigenvalue weighted by molar-refractivity contribution is -0.115. The number of carbonyl (C=O) groups excluding carboxylic acids is 2. The monoisotopic (exact) mass is 376 g/mol. The van der Waals surface area contributed by atoms with Gasteiger partial charge in [0.2, 0.25) is 11.9 Å². The van der Waals surface area contributed by atoms with E-state index < -0.39 is 0 Å². The fourth-order valence-corrected chi connectivity index (χ4v) is 3.02. The number of benzene rings is 1. The van der Waals surface area contributed by atoms with Crippen molar-refractivity contribution in [2.45, 2.75) is 18.8 Å². The van der Waals surface area contributed by atoms with Gasteiger partial charge in [0.1, 0.15) is 0 Å². The SMILES string of the molecule is Cn1nc(C2CCNCC2)nc1NC(=O)CNC(=O)c1cccc(Cl)c1. The summed E-state index contributed by atoms with van der Waals surface area (Å²) < 4.78 is 1.55. The van der Waals surface area contributed by atoms with E-state index >= 15 is 0 Å². The van der Waals surface area contributed by atoms with Gasteiger partial charge in [-0.2, -0.15) is 10.1 Å². The van der Waals surface area contributed by atoms with Gasteiger partial charge in [0.15, 0.2) is 5.82 Å². The molecule has 8 nitrogen and oxygen atoms in total. The van der Waals surface area contributed by atoms with Crippen LogP contribution >= 0.6 is 11.6 Å². The highest BCUT2D eigenvalue weighted by Crippen LogP contribution is 2.23. The van der Waals surface area contributed by atoms with Crippen LogP contribution < -0.4 is 16.0 Å². The van der Waals surface area contributed by atoms with Crippen LogP contribution in [0.15, 0.2) is 24.3 Å². The zero-order valence-electron chi connectivity index (χ0n) is 14.5. The molecule has 1 aromatic carbocycles. The Bertz CT molecular complexity index is 800. The first kappa shape index (κ1) is 18.3. The minimum absolute atomic E-state index is 0.166. The van der Waals surface area contributed by atoms with Crippen LogP contribution in [0.25, 0.3) is 0 Å². The molecule has 0 radical (unpaired) electrons. The predicted molar refractivity (Wildman–Crippen MR) is 98.3 cm³/mol. The molecule has 1 aromatic heterocycles. The lowest BCUT2D eigenvalue weighted by Gasteiger charge is -2.19. The highest BCUT2D eigenvalue weighted by molar-refractivity contribution is 6.31. The Balaban J connectivity index is 1.54. The Labute approximate surface area is 156 Å². The molecule has 9 heteroatoms. The number of nitrogens with one attached hydrogen (secondary N) is 3. The Morgan fingerprint density at radius 3 is 2.85 bits per heavy atom. The molecule has 0 aliphatic carbocycles. The largest absolute Gasteiger partial charge is 0.343 e. The summed E-state index contributed by atoms with van der Waals surface area (Å²) in [5.41, 5.74) is 0.400. The van der Waals surface area contributed by atoms with Gasteiger partial charge in [-0.3, -0.25) is 14.9 Å². The molecule has 0 atom stereocenters. The molecule has 1 aliphatic rings. The molecule has 2 amide bonds. The number of halogens is 1. The van der Waals surface area contributed by atoms with Gasteiger partial charge < -0.3 is 10.6 Å². The van der Waals surface area contributed by atoms with Crippen molar-refractivity contribution in [3.05, 3.63) is 40.7 Å². The van der Waals surface area contributed by atoms with E-state index in [0.717, 1.165) is 31.8 Å². The predicted octanol–water partition coefficient (Wildman–Crippen LogP) is 1.30. The van der Waals surface area contributed by atoms with Crippen LogP contribution in [0, 0.1) is 0 Å². The first-order valence-corrected chi connectivity index (χ1v) is 8.86. The third kappa shape index (κ3) is 4.59. The average Bonchev–Trinajstić information content (AvgIpc) is 3.01. The van der Waals surface area contributed by atoms with Crippen molar-refractivity contribution in [3.8, 4) is 0 Å². The van der Waals surface area contributed by atoms with E-state index in [4.69, 9.17) is 11.6 Å². The van der Waals surface area contributed by atoms with E-state index in [2.05, 4.69) is 26.0 Å². The van der Waals surface area contributed by atoms with Gasteiger partial charge in [-0.1, -0.05) is 17.7 Å². The van der Waals surface area contributed by atoms with E-state index in [1.165, 1.54) is 0 Å². The highest BCUT2D eigenvalue weighted by atomic mass is 35.5. The second-order valence-corrected chi connectivity index (χ2v) is 6.62. The Morgan fingerprint density at radius 1 is 1.35 bits per heavy atom. The van der Waals surface area contributed by atoms with Crippen LogP contribution in [0.3, 0.4) is 0 Å². The van der Waals surface area contributed by atoms with E-state index in [9.17, 15) is 9.59 Å². The Morgan fingerprint density at radius 2 is 2.12 bits per heavy atom. The molecule has 0 unspecified atom stereocenters. The lowest BCUT2D eigenvalue weighted by Crippen LogP contribution is -2.33. The van der Waals surface area contributed by atoms with Crippen molar-refractivity contribution < 1.29 is 9.59 Å². The van der Waals surface area contributed by atoms with E-state index in [0.29, 0.717) is 22.5 Å². The summed E-state index contributed by atoms with van der Waals surface area (Å²) in [5, 5.41) is 13.4. The molecule has 1 fully saturated rings. The molecule has 138 valence electrons. The van der Waals surface area contributed by atoms with E-state index in [1.54, 1.807) is 36.0 Å². The summed E-state index contributed by atoms with van der Waals surface area (Å²) in [6.07, 6.45) is 1.96. The number of piperidine rings is 1. The molecule has 26 heavy (non-hydrogen) atoms. The van der Waals surface area contributed by atoms with Crippen molar-refractivity contribution in [1.29, 1.82) is 0 Å². The normalized spacial score (nSPS) is 14.8. The maximum absolute atomic E-state index is 12.1. The summed E-state index contributed by atoms with van der Waals surface area (Å²) >= 11 is 5.86. The summed E-state index contributed by atoms with van der Waals surface area (Å²) in [6, 6.07) is 6.54. The topological polar surface area (TPSA) is 101 Å². The minimum atomic E-state index is -0.368. The van der Waals surface area contributed by atoms with Crippen molar-refractivity contribution in [1.82, 2.24) is 25.4 Å². The van der Waals surface area contributed by atoms with Crippen LogP contribution in [0.2, 0.25) is 5.02 Å². The molecule has 3 N–H and O–H groups in total. The zero-order valence-corrected chi connectivity index (χ0v) is 15.2. The molecule has 0 bridgehead atoms. The minimum Gasteiger partial charge on any atom is -0.343 e. The van der Waals surface area contributed by atoms with E-state index in [-0.39, 0.29) is 18.4 Å². The maximum atomic E-state index is 12.1. The number of amides is 2. The van der Waals surface area contributed by atoms with Gasteiger partial charge in [-0.05, 0) is 44.1 Å². The number of nitrogens with zero attached hydrogens (tertiary/aromatic N) is 3. The smallest absolute Gasteiger partial charge is 0.251 e. The first-order valence-electron chi connectivity index (χ1n) is 8.48. The molecule has 1 saturated heterocycles. The van der Waals surface area contributed by atoms with Gasteiger partial charge >= 0.3 is 0 Å². The zero-order chi connectivity index (χ0) is 18.5. The Hall–Kier alpha value is -2.45. The van der Waals surface area contributed by atoms with Crippen LogP contribution in [-0.4, -0.2) is 46.2 Å². The number of hydrogen-bond donors (Lipinski definition) is 3. The van der Waals surface area contributed by atoms with Crippen LogP contribution in [0.5, 0.6) is 0 Å². The molecule has 1 aliphatic heterocycles. The maximum Gasteiger partial charge on any atom is 0.251 e. The van der Waals surface area contributed by atoms with Crippen molar-refractivity contribution in [3.63, 3.8) is 0 Å². The molecule has 2 aromatic rings. The number of carbonyl (C=O) groups is 2. The van der Waals surface area contributed by atoms with E-state index in [1.807, 2.05) is 0 Å². The van der Waals surface area contributed by atoms with Gasteiger partial charge in [-0.15, -0.1) is 0 Å². The first-order chi connectivity index (χ1) is 12.5. The molecule has 3 rings (SSSR count). The van der Waals surface area contributed by atoms with Crippen LogP contribution in [-0.2, 0) is 11.8 Å². The van der Waals surface area contributed by atoms with Crippen molar-refractivity contribution >= 4 is 29.4 Å². The molecular weight excluding hydrogens is 356 g/mol. The lowest BCUT2D eigenvalue weighted by atomic mass is 9.98. The summed E-state index contributed by atoms with van der Waals surface area (Å²) in [5.74, 6) is 0.687. The molecule has 0 spiro atoms. The standard InChI is InChI=1S/C17H21ClN6O2/c1-24-17(22-15(23-24)11-5-7-19-8-6-11)21-14(25)10-20-16(26)12-3-2-4-13(18)9-12/h2-4,9,11,19H,5-8,10H2,1H3,(H,20,26)(H,21,22,23,25). The summed E-state index contributed by atoms with van der Waals surface area (Å²) in [7, 11) is 1.73. The molecular formula is C17H21ClN6O2. The highest BCUT2D eigenvalue weighted by Gasteiger charge is 2.21. The number of anilines is 1. The number of hydrogen-bond acceptors (Lipinski definition) is 5. The number of rotatable bonds is 5. The van der Waals surface area contributed by atoms with Crippen molar-refractivity contribution in [2.75, 3.05) is 25.0 Å².